The molecule has 4 heteroatoms. The number of ether oxygens (including phenoxy) is 1. The van der Waals surface area contributed by atoms with Gasteiger partial charge in [-0.25, -0.2) is 0 Å². The van der Waals surface area contributed by atoms with Crippen molar-refractivity contribution in [3.63, 3.8) is 0 Å². The fourth-order valence-corrected chi connectivity index (χ4v) is 6.43. The standard InChI is InChI=1S/C19H28O4/c20-17(21)8-16(15-3-1-2-4-15)23-18(22)19-9-12-5-13(10-19)7-14(6-12)11-19/h12-16H,1-11H2,(H,20,21). The highest BCUT2D eigenvalue weighted by atomic mass is 16.5. The molecule has 0 aromatic carbocycles. The van der Waals surface area contributed by atoms with E-state index in [1.165, 1.54) is 19.3 Å². The summed E-state index contributed by atoms with van der Waals surface area (Å²) >= 11 is 0. The molecule has 5 aliphatic carbocycles. The van der Waals surface area contributed by atoms with E-state index >= 15 is 0 Å². The predicted octanol–water partition coefficient (Wildman–Crippen LogP) is 3.78. The van der Waals surface area contributed by atoms with Gasteiger partial charge in [-0.3, -0.25) is 9.59 Å². The van der Waals surface area contributed by atoms with Crippen LogP contribution in [0.25, 0.3) is 0 Å². The number of rotatable bonds is 5. The van der Waals surface area contributed by atoms with E-state index in [4.69, 9.17) is 4.74 Å². The minimum absolute atomic E-state index is 0.0250. The van der Waals surface area contributed by atoms with E-state index in [1.54, 1.807) is 0 Å². The molecule has 0 radical (unpaired) electrons. The van der Waals surface area contributed by atoms with E-state index in [9.17, 15) is 14.7 Å². The van der Waals surface area contributed by atoms with E-state index < -0.39 is 12.1 Å². The first-order valence-corrected chi connectivity index (χ1v) is 9.47. The monoisotopic (exact) mass is 320 g/mol. The second-order valence-corrected chi connectivity index (χ2v) is 8.78. The van der Waals surface area contributed by atoms with Gasteiger partial charge in [0.2, 0.25) is 0 Å². The minimum Gasteiger partial charge on any atom is -0.481 e. The van der Waals surface area contributed by atoms with Crippen molar-refractivity contribution in [2.24, 2.45) is 29.1 Å². The molecule has 0 heterocycles. The second kappa shape index (κ2) is 5.78. The highest BCUT2D eigenvalue weighted by molar-refractivity contribution is 5.78. The topological polar surface area (TPSA) is 63.6 Å². The van der Waals surface area contributed by atoms with E-state index in [1.807, 2.05) is 0 Å². The SMILES string of the molecule is O=C(O)CC(OC(=O)C12CC3CC(CC(C3)C1)C2)C1CCCC1. The summed E-state index contributed by atoms with van der Waals surface area (Å²) in [7, 11) is 0. The average molecular weight is 320 g/mol. The number of hydrogen-bond donors (Lipinski definition) is 1. The molecule has 1 N–H and O–H groups in total. The second-order valence-electron chi connectivity index (χ2n) is 8.78. The van der Waals surface area contributed by atoms with Crippen LogP contribution >= 0.6 is 0 Å². The smallest absolute Gasteiger partial charge is 0.312 e. The maximum Gasteiger partial charge on any atom is 0.312 e. The van der Waals surface area contributed by atoms with Gasteiger partial charge in [-0.2, -0.15) is 0 Å². The summed E-state index contributed by atoms with van der Waals surface area (Å²) in [5, 5.41) is 9.20. The lowest BCUT2D eigenvalue weighted by molar-refractivity contribution is -0.181. The van der Waals surface area contributed by atoms with Crippen molar-refractivity contribution in [3.8, 4) is 0 Å². The van der Waals surface area contributed by atoms with Gasteiger partial charge in [0.1, 0.15) is 6.10 Å². The molecule has 5 aliphatic rings. The molecule has 5 rings (SSSR count). The lowest BCUT2D eigenvalue weighted by Crippen LogP contribution is -2.51. The van der Waals surface area contributed by atoms with Crippen molar-refractivity contribution in [1.82, 2.24) is 0 Å². The summed E-state index contributed by atoms with van der Waals surface area (Å²) in [6, 6.07) is 0. The lowest BCUT2D eigenvalue weighted by atomic mass is 9.49. The first kappa shape index (κ1) is 15.5. The van der Waals surface area contributed by atoms with Crippen LogP contribution in [-0.2, 0) is 14.3 Å². The molecule has 1 atom stereocenters. The highest BCUT2D eigenvalue weighted by Gasteiger charge is 2.56. The van der Waals surface area contributed by atoms with Crippen LogP contribution < -0.4 is 0 Å². The fourth-order valence-electron chi connectivity index (χ4n) is 6.43. The van der Waals surface area contributed by atoms with Gasteiger partial charge in [0, 0.05) is 0 Å². The highest BCUT2D eigenvalue weighted by Crippen LogP contribution is 2.60. The summed E-state index contributed by atoms with van der Waals surface area (Å²) in [4.78, 5) is 24.2. The maximum absolute atomic E-state index is 13.0. The Morgan fingerprint density at radius 1 is 1.00 bits per heavy atom. The van der Waals surface area contributed by atoms with Gasteiger partial charge in [-0.1, -0.05) is 12.8 Å². The number of hydrogen-bond acceptors (Lipinski definition) is 3. The van der Waals surface area contributed by atoms with Gasteiger partial charge >= 0.3 is 11.9 Å². The lowest BCUT2D eigenvalue weighted by Gasteiger charge is -2.55. The average Bonchev–Trinajstić information content (AvgIpc) is 2.98. The van der Waals surface area contributed by atoms with Crippen LogP contribution in [0.3, 0.4) is 0 Å². The van der Waals surface area contributed by atoms with Crippen molar-refractivity contribution >= 4 is 11.9 Å². The molecule has 4 bridgehead atoms. The van der Waals surface area contributed by atoms with Gasteiger partial charge in [0.25, 0.3) is 0 Å². The number of esters is 1. The van der Waals surface area contributed by atoms with Crippen LogP contribution in [0.4, 0.5) is 0 Å². The number of carboxylic acid groups (broad SMARTS) is 1. The molecule has 0 amide bonds. The number of carbonyl (C=O) groups excluding carboxylic acids is 1. The summed E-state index contributed by atoms with van der Waals surface area (Å²) in [6.45, 7) is 0. The van der Waals surface area contributed by atoms with Crippen molar-refractivity contribution in [3.05, 3.63) is 0 Å². The van der Waals surface area contributed by atoms with Gasteiger partial charge < -0.3 is 9.84 Å². The maximum atomic E-state index is 13.0. The van der Waals surface area contributed by atoms with Crippen molar-refractivity contribution < 1.29 is 19.4 Å². The Morgan fingerprint density at radius 2 is 1.52 bits per heavy atom. The van der Waals surface area contributed by atoms with Gasteiger partial charge in [-0.15, -0.1) is 0 Å². The Morgan fingerprint density at radius 3 is 2.00 bits per heavy atom. The quantitative estimate of drug-likeness (QED) is 0.783. The van der Waals surface area contributed by atoms with Gasteiger partial charge in [0.05, 0.1) is 11.8 Å². The fraction of sp³-hybridized carbons (Fsp3) is 0.895. The zero-order valence-corrected chi connectivity index (χ0v) is 13.8. The molecule has 5 saturated carbocycles. The number of carbonyl (C=O) groups is 2. The van der Waals surface area contributed by atoms with Crippen LogP contribution in [-0.4, -0.2) is 23.1 Å². The molecule has 5 fully saturated rings. The van der Waals surface area contributed by atoms with Crippen LogP contribution in [0.5, 0.6) is 0 Å². The summed E-state index contributed by atoms with van der Waals surface area (Å²) in [5.41, 5.74) is -0.274. The number of aliphatic carboxylic acids is 1. The third-order valence-corrected chi connectivity index (χ3v) is 7.03. The molecule has 1 unspecified atom stereocenters. The van der Waals surface area contributed by atoms with E-state index in [2.05, 4.69) is 0 Å². The minimum atomic E-state index is -0.847. The summed E-state index contributed by atoms with van der Waals surface area (Å²) in [6.07, 6.45) is 10.7. The molecule has 0 spiro atoms. The first-order chi connectivity index (χ1) is 11.0. The van der Waals surface area contributed by atoms with Crippen molar-refractivity contribution in [2.75, 3.05) is 0 Å². The molecule has 0 aromatic rings. The normalized spacial score (nSPS) is 40.3. The zero-order valence-electron chi connectivity index (χ0n) is 13.8. The van der Waals surface area contributed by atoms with Gasteiger partial charge in [-0.05, 0) is 75.0 Å². The Kier molecular flexibility index (Phi) is 3.89. The number of carboxylic acids is 1. The van der Waals surface area contributed by atoms with E-state index in [-0.39, 0.29) is 23.7 Å². The Balaban J connectivity index is 1.48. The van der Waals surface area contributed by atoms with Crippen molar-refractivity contribution in [2.45, 2.75) is 76.7 Å². The van der Waals surface area contributed by atoms with Crippen molar-refractivity contribution in [1.29, 1.82) is 0 Å². The van der Waals surface area contributed by atoms with Crippen LogP contribution in [0.15, 0.2) is 0 Å². The summed E-state index contributed by atoms with van der Waals surface area (Å²) < 4.78 is 5.91. The van der Waals surface area contributed by atoms with Crippen LogP contribution in [0.2, 0.25) is 0 Å². The molecule has 0 aromatic heterocycles. The molecular formula is C19H28O4. The predicted molar refractivity (Wildman–Crippen MR) is 84.7 cm³/mol. The van der Waals surface area contributed by atoms with Crippen LogP contribution in [0, 0.1) is 29.1 Å². The Bertz CT molecular complexity index is 456. The molecule has 0 saturated heterocycles. The third kappa shape index (κ3) is 2.89. The first-order valence-electron chi connectivity index (χ1n) is 9.47. The molecule has 128 valence electrons. The van der Waals surface area contributed by atoms with E-state index in [0.717, 1.165) is 44.9 Å². The molecular weight excluding hydrogens is 292 g/mol. The molecule has 4 nitrogen and oxygen atoms in total. The molecule has 23 heavy (non-hydrogen) atoms. The van der Waals surface area contributed by atoms with Crippen LogP contribution in [0.1, 0.15) is 70.6 Å². The Labute approximate surface area is 138 Å². The van der Waals surface area contributed by atoms with Gasteiger partial charge in [0.15, 0.2) is 0 Å². The molecule has 0 aliphatic heterocycles. The summed E-state index contributed by atoms with van der Waals surface area (Å²) in [5.74, 6) is 1.47. The van der Waals surface area contributed by atoms with E-state index in [0.29, 0.717) is 17.8 Å². The Hall–Kier alpha value is -1.06. The third-order valence-electron chi connectivity index (χ3n) is 7.03. The zero-order chi connectivity index (χ0) is 16.0. The largest absolute Gasteiger partial charge is 0.481 e.